The van der Waals surface area contributed by atoms with Gasteiger partial charge in [0.05, 0.1) is 52.2 Å². The van der Waals surface area contributed by atoms with Gasteiger partial charge in [-0.3, -0.25) is 9.69 Å². The van der Waals surface area contributed by atoms with Gasteiger partial charge >= 0.3 is 11.9 Å². The van der Waals surface area contributed by atoms with Gasteiger partial charge in [0.2, 0.25) is 0 Å². The number of hydrogen-bond donors (Lipinski definition) is 0. The Kier molecular flexibility index (Phi) is 7.75. The first kappa shape index (κ1) is 27.3. The molecular weight excluding hydrogens is 554 g/mol. The number of esters is 2. The summed E-state index contributed by atoms with van der Waals surface area (Å²) in [7, 11) is 4.03. The first-order valence-electron chi connectivity index (χ1n) is 10.9. The molecule has 4 rings (SSSR count). The van der Waals surface area contributed by atoms with E-state index in [1.54, 1.807) is 47.4 Å². The van der Waals surface area contributed by atoms with Crippen LogP contribution in [0, 0.1) is 0 Å². The Labute approximate surface area is 233 Å². The van der Waals surface area contributed by atoms with Crippen LogP contribution in [0.25, 0.3) is 5.57 Å². The fraction of sp³-hybridized carbons (Fsp3) is 0.231. The molecule has 2 aromatic rings. The van der Waals surface area contributed by atoms with E-state index in [4.69, 9.17) is 38.0 Å². The van der Waals surface area contributed by atoms with Crippen molar-refractivity contribution in [2.45, 2.75) is 19.4 Å². The van der Waals surface area contributed by atoms with Gasteiger partial charge in [-0.15, -0.1) is 0 Å². The number of halogens is 1. The average Bonchev–Trinajstić information content (AvgIpc) is 3.33. The number of nitrogens with zero attached hydrogens (tertiary/aromatic N) is 1. The monoisotopic (exact) mass is 575 g/mol. The zero-order valence-corrected chi connectivity index (χ0v) is 23.7. The molecule has 0 bridgehead atoms. The number of fused-ring (bicyclic) bond motifs is 1. The number of ether oxygens (including phenoxy) is 3. The molecule has 1 amide bonds. The third-order valence-electron chi connectivity index (χ3n) is 5.90. The molecular formula is C26H22ClNO6S3. The second kappa shape index (κ2) is 10.5. The zero-order chi connectivity index (χ0) is 27.1. The smallest absolute Gasteiger partial charge is 0.346 e. The number of carbonyl (C=O) groups is 3. The minimum atomic E-state index is -0.976. The Morgan fingerprint density at radius 2 is 1.54 bits per heavy atom. The molecule has 2 heterocycles. The molecule has 0 spiro atoms. The fourth-order valence-corrected chi connectivity index (χ4v) is 7.29. The molecule has 0 fully saturated rings. The van der Waals surface area contributed by atoms with E-state index in [1.165, 1.54) is 21.3 Å². The lowest BCUT2D eigenvalue weighted by Crippen LogP contribution is -2.56. The van der Waals surface area contributed by atoms with Crippen LogP contribution in [0.1, 0.15) is 29.8 Å². The highest BCUT2D eigenvalue weighted by Gasteiger charge is 2.46. The Morgan fingerprint density at radius 1 is 0.946 bits per heavy atom. The summed E-state index contributed by atoms with van der Waals surface area (Å²) in [5.41, 5.74) is 1.18. The maximum Gasteiger partial charge on any atom is 0.346 e. The highest BCUT2D eigenvalue weighted by molar-refractivity contribution is 8.29. The zero-order valence-electron chi connectivity index (χ0n) is 20.5. The van der Waals surface area contributed by atoms with Gasteiger partial charge in [-0.1, -0.05) is 59.5 Å². The number of carbonyl (C=O) groups excluding carboxylic acids is 3. The molecule has 192 valence electrons. The second-order valence-corrected chi connectivity index (χ2v) is 11.5. The van der Waals surface area contributed by atoms with E-state index < -0.39 is 17.5 Å². The normalized spacial score (nSPS) is 16.5. The number of hydrogen-bond acceptors (Lipinski definition) is 9. The summed E-state index contributed by atoms with van der Waals surface area (Å²) in [5.74, 6) is -1.08. The molecule has 7 nitrogen and oxygen atoms in total. The van der Waals surface area contributed by atoms with E-state index >= 15 is 0 Å². The maximum absolute atomic E-state index is 13.9. The first-order chi connectivity index (χ1) is 17.6. The van der Waals surface area contributed by atoms with Gasteiger partial charge in [-0.25, -0.2) is 9.59 Å². The van der Waals surface area contributed by atoms with Crippen LogP contribution >= 0.6 is 47.3 Å². The first-order valence-corrected chi connectivity index (χ1v) is 13.3. The maximum atomic E-state index is 13.9. The van der Waals surface area contributed by atoms with E-state index in [9.17, 15) is 14.4 Å². The summed E-state index contributed by atoms with van der Waals surface area (Å²) in [5, 5.41) is 0.324. The van der Waals surface area contributed by atoms with Crippen molar-refractivity contribution in [3.05, 3.63) is 72.7 Å². The number of anilines is 1. The average molecular weight is 576 g/mol. The van der Waals surface area contributed by atoms with Crippen molar-refractivity contribution >= 4 is 81.3 Å². The highest BCUT2D eigenvalue weighted by Crippen LogP contribution is 2.56. The number of benzene rings is 2. The van der Waals surface area contributed by atoms with Crippen molar-refractivity contribution in [1.82, 2.24) is 0 Å². The SMILES string of the molecule is COC(=O)C1=C(C(=O)OC)SC(=C2C(=S)C(C)(C)N(C(=O)c3ccccc3Cl)c3ccc(OC)cc32)S1. The van der Waals surface area contributed by atoms with Crippen molar-refractivity contribution in [1.29, 1.82) is 0 Å². The summed E-state index contributed by atoms with van der Waals surface area (Å²) in [6.45, 7) is 3.69. The summed E-state index contributed by atoms with van der Waals surface area (Å²) >= 11 is 14.6. The van der Waals surface area contributed by atoms with E-state index in [-0.39, 0.29) is 15.7 Å². The van der Waals surface area contributed by atoms with Crippen molar-refractivity contribution in [2.24, 2.45) is 0 Å². The predicted molar refractivity (Wildman–Crippen MR) is 151 cm³/mol. The molecule has 0 aliphatic carbocycles. The van der Waals surface area contributed by atoms with Gasteiger partial charge in [0.1, 0.15) is 15.6 Å². The molecule has 0 saturated heterocycles. The van der Waals surface area contributed by atoms with Crippen LogP contribution < -0.4 is 9.64 Å². The molecule has 0 unspecified atom stereocenters. The highest BCUT2D eigenvalue weighted by atomic mass is 35.5. The molecule has 2 aliphatic rings. The Balaban J connectivity index is 1.95. The van der Waals surface area contributed by atoms with E-state index in [2.05, 4.69) is 0 Å². The van der Waals surface area contributed by atoms with Crippen LogP contribution in [-0.2, 0) is 19.1 Å². The minimum Gasteiger partial charge on any atom is -0.497 e. The molecule has 0 saturated carbocycles. The van der Waals surface area contributed by atoms with E-state index in [0.29, 0.717) is 42.3 Å². The van der Waals surface area contributed by atoms with Crippen LogP contribution in [0.4, 0.5) is 5.69 Å². The number of rotatable bonds is 4. The van der Waals surface area contributed by atoms with E-state index in [1.807, 2.05) is 13.8 Å². The van der Waals surface area contributed by atoms with Crippen molar-refractivity contribution in [3.8, 4) is 5.75 Å². The second-order valence-electron chi connectivity index (χ2n) is 8.40. The standard InChI is InChI=1S/C26H22ClNO6S3/c1-26(2)21(35)18(25-36-19(23(30)33-4)20(37-25)24(31)34-5)15-12-13(32-3)10-11-17(15)28(26)22(29)14-8-6-7-9-16(14)27/h6-12H,1-5H3. The van der Waals surface area contributed by atoms with Crippen LogP contribution in [0.15, 0.2) is 56.5 Å². The number of thiocarbonyl (C=S) groups is 1. The molecule has 0 N–H and O–H groups in total. The summed E-state index contributed by atoms with van der Waals surface area (Å²) in [6, 6.07) is 12.1. The van der Waals surface area contributed by atoms with Crippen LogP contribution in [0.3, 0.4) is 0 Å². The van der Waals surface area contributed by atoms with Crippen LogP contribution in [0.5, 0.6) is 5.75 Å². The number of amides is 1. The largest absolute Gasteiger partial charge is 0.497 e. The van der Waals surface area contributed by atoms with Gasteiger partial charge < -0.3 is 14.2 Å². The molecule has 2 aromatic carbocycles. The molecule has 0 aromatic heterocycles. The summed E-state index contributed by atoms with van der Waals surface area (Å²) in [6.07, 6.45) is 0. The molecule has 37 heavy (non-hydrogen) atoms. The van der Waals surface area contributed by atoms with Crippen molar-refractivity contribution < 1.29 is 28.6 Å². The van der Waals surface area contributed by atoms with Gasteiger partial charge in [-0.2, -0.15) is 0 Å². The quantitative estimate of drug-likeness (QED) is 0.253. The van der Waals surface area contributed by atoms with Gasteiger partial charge in [0.15, 0.2) is 0 Å². The lowest BCUT2D eigenvalue weighted by Gasteiger charge is -2.45. The molecule has 11 heteroatoms. The lowest BCUT2D eigenvalue weighted by molar-refractivity contribution is -0.138. The fourth-order valence-electron chi connectivity index (χ4n) is 4.04. The lowest BCUT2D eigenvalue weighted by atomic mass is 9.82. The van der Waals surface area contributed by atoms with Crippen LogP contribution in [0.2, 0.25) is 5.02 Å². The van der Waals surface area contributed by atoms with Gasteiger partial charge in [-0.05, 0) is 44.2 Å². The molecule has 0 radical (unpaired) electrons. The Morgan fingerprint density at radius 3 is 2.08 bits per heavy atom. The predicted octanol–water partition coefficient (Wildman–Crippen LogP) is 5.86. The number of thioether (sulfide) groups is 2. The van der Waals surface area contributed by atoms with Crippen molar-refractivity contribution in [2.75, 3.05) is 26.2 Å². The minimum absolute atomic E-state index is 0.112. The third kappa shape index (κ3) is 4.67. The van der Waals surface area contributed by atoms with Gasteiger partial charge in [0, 0.05) is 11.1 Å². The van der Waals surface area contributed by atoms with Crippen LogP contribution in [-0.4, -0.2) is 49.6 Å². The molecule has 0 atom stereocenters. The topological polar surface area (TPSA) is 82.1 Å². The van der Waals surface area contributed by atoms with Crippen molar-refractivity contribution in [3.63, 3.8) is 0 Å². The Bertz CT molecular complexity index is 1380. The number of methoxy groups -OCH3 is 3. The molecule has 2 aliphatic heterocycles. The summed E-state index contributed by atoms with van der Waals surface area (Å²) < 4.78 is 15.9. The Hall–Kier alpha value is -2.79. The van der Waals surface area contributed by atoms with Gasteiger partial charge in [0.25, 0.3) is 5.91 Å². The van der Waals surface area contributed by atoms with E-state index in [0.717, 1.165) is 23.5 Å². The summed E-state index contributed by atoms with van der Waals surface area (Å²) in [4.78, 5) is 41.2. The third-order valence-corrected chi connectivity index (χ3v) is 9.50.